The Morgan fingerprint density at radius 3 is 2.92 bits per heavy atom. The molecule has 1 atom stereocenters. The fraction of sp³-hybridized carbons (Fsp3) is 0.833. The number of amides is 1. The van der Waals surface area contributed by atoms with E-state index in [4.69, 9.17) is 5.90 Å². The number of hydrogen-bond acceptors (Lipinski definition) is 3. The number of carbonyl (C=O) groups is 1. The largest absolute Gasteiger partial charge is 0.334 e. The van der Waals surface area contributed by atoms with Gasteiger partial charge in [0.1, 0.15) is 0 Å². The normalized spacial score (nSPS) is 27.6. The van der Waals surface area contributed by atoms with E-state index >= 15 is 0 Å². The van der Waals surface area contributed by atoms with Crippen molar-refractivity contribution in [3.8, 4) is 0 Å². The van der Waals surface area contributed by atoms with Crippen LogP contribution in [0, 0.1) is 0 Å². The van der Waals surface area contributed by atoms with Crippen LogP contribution < -0.4 is 5.90 Å². The second-order valence-corrected chi connectivity index (χ2v) is 2.82. The monoisotopic (exact) mass is 180 g/mol. The molecule has 12 heavy (non-hydrogen) atoms. The highest BCUT2D eigenvalue weighted by molar-refractivity contribution is 5.49. The number of halogens is 2. The van der Waals surface area contributed by atoms with Gasteiger partial charge in [-0.25, -0.2) is 14.7 Å². The fourth-order valence-electron chi connectivity index (χ4n) is 1.31. The molecular formula is C6H10F2N2O2. The molecule has 1 aliphatic rings. The van der Waals surface area contributed by atoms with E-state index in [0.29, 0.717) is 6.41 Å². The van der Waals surface area contributed by atoms with Crippen molar-refractivity contribution in [3.05, 3.63) is 0 Å². The quantitative estimate of drug-likeness (QED) is 0.481. The SMILES string of the molecule is NOCC1CC(F)(F)CN1C=O. The summed E-state index contributed by atoms with van der Waals surface area (Å²) >= 11 is 0. The van der Waals surface area contributed by atoms with E-state index in [1.807, 2.05) is 0 Å². The third-order valence-electron chi connectivity index (χ3n) is 1.84. The van der Waals surface area contributed by atoms with Gasteiger partial charge in [0.25, 0.3) is 5.92 Å². The van der Waals surface area contributed by atoms with E-state index in [2.05, 4.69) is 4.84 Å². The number of nitrogens with zero attached hydrogens (tertiary/aromatic N) is 1. The van der Waals surface area contributed by atoms with Gasteiger partial charge in [0.2, 0.25) is 6.41 Å². The van der Waals surface area contributed by atoms with Crippen molar-refractivity contribution in [2.24, 2.45) is 5.90 Å². The average molecular weight is 180 g/mol. The molecule has 1 fully saturated rings. The molecule has 0 radical (unpaired) electrons. The number of alkyl halides is 2. The van der Waals surface area contributed by atoms with E-state index in [0.717, 1.165) is 4.90 Å². The number of likely N-dealkylation sites (tertiary alicyclic amines) is 1. The second-order valence-electron chi connectivity index (χ2n) is 2.82. The predicted molar refractivity (Wildman–Crippen MR) is 36.3 cm³/mol. The molecule has 1 amide bonds. The molecule has 2 N–H and O–H groups in total. The van der Waals surface area contributed by atoms with Crippen molar-refractivity contribution in [2.45, 2.75) is 18.4 Å². The first-order valence-electron chi connectivity index (χ1n) is 3.49. The number of rotatable bonds is 3. The maximum atomic E-state index is 12.7. The Labute approximate surface area is 68.2 Å². The van der Waals surface area contributed by atoms with Gasteiger partial charge in [-0.3, -0.25) is 4.79 Å². The van der Waals surface area contributed by atoms with Crippen LogP contribution in [0.5, 0.6) is 0 Å². The molecule has 1 aliphatic heterocycles. The first-order valence-corrected chi connectivity index (χ1v) is 3.49. The Balaban J connectivity index is 2.56. The van der Waals surface area contributed by atoms with Gasteiger partial charge in [0, 0.05) is 6.42 Å². The summed E-state index contributed by atoms with van der Waals surface area (Å²) in [5, 5.41) is 0. The molecule has 1 rings (SSSR count). The van der Waals surface area contributed by atoms with Crippen LogP contribution >= 0.6 is 0 Å². The summed E-state index contributed by atoms with van der Waals surface area (Å²) in [5.41, 5.74) is 0. The maximum absolute atomic E-state index is 12.7. The zero-order valence-electron chi connectivity index (χ0n) is 6.37. The van der Waals surface area contributed by atoms with E-state index in [1.54, 1.807) is 0 Å². The van der Waals surface area contributed by atoms with Crippen LogP contribution in [0.1, 0.15) is 6.42 Å². The van der Waals surface area contributed by atoms with Crippen molar-refractivity contribution >= 4 is 6.41 Å². The van der Waals surface area contributed by atoms with E-state index in [-0.39, 0.29) is 13.0 Å². The van der Waals surface area contributed by atoms with Gasteiger partial charge >= 0.3 is 0 Å². The van der Waals surface area contributed by atoms with Crippen molar-refractivity contribution in [3.63, 3.8) is 0 Å². The smallest absolute Gasteiger partial charge is 0.267 e. The first kappa shape index (κ1) is 9.34. The lowest BCUT2D eigenvalue weighted by Crippen LogP contribution is -2.33. The van der Waals surface area contributed by atoms with Crippen LogP contribution in [0.15, 0.2) is 0 Å². The minimum Gasteiger partial charge on any atom is -0.334 e. The van der Waals surface area contributed by atoms with Gasteiger partial charge in [-0.05, 0) is 0 Å². The first-order chi connectivity index (χ1) is 5.59. The van der Waals surface area contributed by atoms with Gasteiger partial charge in [0.05, 0.1) is 19.2 Å². The Morgan fingerprint density at radius 1 is 1.75 bits per heavy atom. The van der Waals surface area contributed by atoms with Gasteiger partial charge in [-0.2, -0.15) is 0 Å². The van der Waals surface area contributed by atoms with Crippen LogP contribution in [-0.4, -0.2) is 36.4 Å². The molecule has 70 valence electrons. The molecule has 0 bridgehead atoms. The Morgan fingerprint density at radius 2 is 2.42 bits per heavy atom. The minimum absolute atomic E-state index is 0.0473. The summed E-state index contributed by atoms with van der Waals surface area (Å²) < 4.78 is 25.3. The van der Waals surface area contributed by atoms with Crippen LogP contribution in [0.25, 0.3) is 0 Å². The molecule has 6 heteroatoms. The number of hydrogen-bond donors (Lipinski definition) is 1. The van der Waals surface area contributed by atoms with Crippen LogP contribution in [-0.2, 0) is 9.63 Å². The molecule has 0 saturated carbocycles. The topological polar surface area (TPSA) is 55.6 Å². The Kier molecular flexibility index (Phi) is 2.58. The third-order valence-corrected chi connectivity index (χ3v) is 1.84. The molecular weight excluding hydrogens is 170 g/mol. The summed E-state index contributed by atoms with van der Waals surface area (Å²) in [6.45, 7) is -0.584. The van der Waals surface area contributed by atoms with Gasteiger partial charge in [-0.15, -0.1) is 0 Å². The lowest BCUT2D eigenvalue weighted by molar-refractivity contribution is -0.120. The van der Waals surface area contributed by atoms with E-state index in [1.165, 1.54) is 0 Å². The fourth-order valence-corrected chi connectivity index (χ4v) is 1.31. The molecule has 1 unspecified atom stereocenters. The lowest BCUT2D eigenvalue weighted by atomic mass is 10.2. The third kappa shape index (κ3) is 1.89. The van der Waals surface area contributed by atoms with Crippen LogP contribution in [0.2, 0.25) is 0 Å². The Bertz CT molecular complexity index is 177. The van der Waals surface area contributed by atoms with Crippen molar-refractivity contribution in [1.82, 2.24) is 4.90 Å². The Hall–Kier alpha value is -0.750. The zero-order valence-corrected chi connectivity index (χ0v) is 6.37. The molecule has 0 aliphatic carbocycles. The summed E-state index contributed by atoms with van der Waals surface area (Å²) in [6.07, 6.45) is 0.0214. The van der Waals surface area contributed by atoms with Crippen molar-refractivity contribution in [2.75, 3.05) is 13.2 Å². The average Bonchev–Trinajstić information content (AvgIpc) is 2.26. The van der Waals surface area contributed by atoms with Crippen LogP contribution in [0.3, 0.4) is 0 Å². The minimum atomic E-state index is -2.80. The molecule has 0 spiro atoms. The number of carbonyl (C=O) groups excluding carboxylic acids is 1. The summed E-state index contributed by atoms with van der Waals surface area (Å²) in [7, 11) is 0. The highest BCUT2D eigenvalue weighted by Crippen LogP contribution is 2.30. The molecule has 1 heterocycles. The van der Waals surface area contributed by atoms with Gasteiger partial charge in [0.15, 0.2) is 0 Å². The predicted octanol–water partition coefficient (Wildman–Crippen LogP) is -0.257. The molecule has 4 nitrogen and oxygen atoms in total. The highest BCUT2D eigenvalue weighted by atomic mass is 19.3. The highest BCUT2D eigenvalue weighted by Gasteiger charge is 2.44. The van der Waals surface area contributed by atoms with Gasteiger partial charge < -0.3 is 9.74 Å². The van der Waals surface area contributed by atoms with Crippen LogP contribution in [0.4, 0.5) is 8.78 Å². The van der Waals surface area contributed by atoms with E-state index < -0.39 is 18.5 Å². The second kappa shape index (κ2) is 3.32. The summed E-state index contributed by atoms with van der Waals surface area (Å²) in [5.74, 6) is 1.92. The van der Waals surface area contributed by atoms with Gasteiger partial charge in [-0.1, -0.05) is 0 Å². The van der Waals surface area contributed by atoms with Crippen molar-refractivity contribution < 1.29 is 18.4 Å². The lowest BCUT2D eigenvalue weighted by Gasteiger charge is -2.16. The molecule has 0 aromatic rings. The number of nitrogens with two attached hydrogens (primary N) is 1. The maximum Gasteiger partial charge on any atom is 0.267 e. The zero-order chi connectivity index (χ0) is 9.19. The molecule has 1 saturated heterocycles. The summed E-state index contributed by atoms with van der Waals surface area (Å²) in [6, 6.07) is -0.595. The van der Waals surface area contributed by atoms with E-state index in [9.17, 15) is 13.6 Å². The summed E-state index contributed by atoms with van der Waals surface area (Å²) in [4.78, 5) is 15.5. The standard InChI is InChI=1S/C6H10F2N2O2/c7-6(8)1-5(2-12-9)10(3-6)4-11/h4-5H,1-3,9H2. The molecule has 0 aromatic heterocycles. The molecule has 0 aromatic carbocycles. The van der Waals surface area contributed by atoms with Crippen molar-refractivity contribution in [1.29, 1.82) is 0 Å².